The van der Waals surface area contributed by atoms with Crippen LogP contribution in [0.2, 0.25) is 0 Å². The minimum atomic E-state index is -0.474. The largest absolute Gasteiger partial charge is 0.477 e. The molecule has 0 radical (unpaired) electrons. The molecule has 1 N–H and O–H groups in total. The molecule has 0 bridgehead atoms. The van der Waals surface area contributed by atoms with Crippen LogP contribution in [0.15, 0.2) is 4.99 Å². The molecule has 0 saturated heterocycles. The maximum atomic E-state index is 10.9. The summed E-state index contributed by atoms with van der Waals surface area (Å²) in [5.41, 5.74) is 0. The van der Waals surface area contributed by atoms with E-state index in [-0.39, 0.29) is 5.97 Å². The Bertz CT molecular complexity index is 203. The van der Waals surface area contributed by atoms with E-state index >= 15 is 0 Å². The van der Waals surface area contributed by atoms with Crippen molar-refractivity contribution in [3.63, 3.8) is 0 Å². The van der Waals surface area contributed by atoms with Crippen molar-refractivity contribution in [2.24, 2.45) is 4.99 Å². The van der Waals surface area contributed by atoms with Gasteiger partial charge in [0, 0.05) is 0 Å². The van der Waals surface area contributed by atoms with E-state index in [4.69, 9.17) is 4.74 Å². The van der Waals surface area contributed by atoms with Gasteiger partial charge in [0.05, 0.1) is 13.7 Å². The van der Waals surface area contributed by atoms with Gasteiger partial charge >= 0.3 is 5.97 Å². The number of hydrogen-bond donors (Lipinski definition) is 1. The zero-order valence-corrected chi connectivity index (χ0v) is 7.16. The Morgan fingerprint density at radius 1 is 1.92 bits per heavy atom. The number of esters is 1. The fourth-order valence-corrected chi connectivity index (χ4v) is 0.928. The fraction of sp³-hybridized carbons (Fsp3) is 0.714. The molecule has 0 aromatic carbocycles. The van der Waals surface area contributed by atoms with Crippen LogP contribution in [-0.4, -0.2) is 45.2 Å². The number of hydrogen-bond acceptors (Lipinski definition) is 5. The Hall–Kier alpha value is -1.10. The second kappa shape index (κ2) is 4.06. The lowest BCUT2D eigenvalue weighted by molar-refractivity contribution is -0.142. The Morgan fingerprint density at radius 3 is 3.25 bits per heavy atom. The highest BCUT2D eigenvalue weighted by Crippen LogP contribution is 2.05. The minimum Gasteiger partial charge on any atom is -0.477 e. The van der Waals surface area contributed by atoms with Crippen molar-refractivity contribution in [1.29, 1.82) is 0 Å². The summed E-state index contributed by atoms with van der Waals surface area (Å²) < 4.78 is 9.63. The molecule has 0 fully saturated rings. The summed E-state index contributed by atoms with van der Waals surface area (Å²) >= 11 is 0. The van der Waals surface area contributed by atoms with E-state index < -0.39 is 6.04 Å². The molecule has 0 spiro atoms. The molecule has 1 atom stereocenters. The van der Waals surface area contributed by atoms with Gasteiger partial charge in [0.1, 0.15) is 6.61 Å². The molecule has 0 aliphatic carbocycles. The van der Waals surface area contributed by atoms with Crippen LogP contribution in [0.1, 0.15) is 0 Å². The lowest BCUT2D eigenvalue weighted by Gasteiger charge is -2.00. The summed E-state index contributed by atoms with van der Waals surface area (Å²) in [6.45, 7) is 0.844. The second-order valence-electron chi connectivity index (χ2n) is 2.40. The molecule has 1 aliphatic rings. The average Bonchev–Trinajstić information content (AvgIpc) is 2.52. The van der Waals surface area contributed by atoms with Crippen LogP contribution in [0.5, 0.6) is 0 Å². The molecule has 5 heteroatoms. The van der Waals surface area contributed by atoms with Crippen molar-refractivity contribution in [1.82, 2.24) is 5.32 Å². The Balaban J connectivity index is 2.46. The van der Waals surface area contributed by atoms with Gasteiger partial charge in [0.25, 0.3) is 0 Å². The molecule has 5 nitrogen and oxygen atoms in total. The van der Waals surface area contributed by atoms with Crippen LogP contribution < -0.4 is 5.32 Å². The van der Waals surface area contributed by atoms with Crippen LogP contribution in [-0.2, 0) is 14.3 Å². The third kappa shape index (κ3) is 1.94. The molecule has 12 heavy (non-hydrogen) atoms. The molecule has 1 rings (SSSR count). The van der Waals surface area contributed by atoms with Gasteiger partial charge in [-0.3, -0.25) is 0 Å². The predicted molar refractivity (Wildman–Crippen MR) is 43.1 cm³/mol. The molecular weight excluding hydrogens is 160 g/mol. The molecule has 1 unspecified atom stereocenters. The summed E-state index contributed by atoms with van der Waals surface area (Å²) in [4.78, 5) is 14.9. The molecule has 0 aromatic heterocycles. The Kier molecular flexibility index (Phi) is 3.04. The number of ether oxygens (including phenoxy) is 2. The first-order valence-electron chi connectivity index (χ1n) is 3.70. The lowest BCUT2D eigenvalue weighted by Crippen LogP contribution is -2.21. The van der Waals surface area contributed by atoms with Gasteiger partial charge in [-0.15, -0.1) is 0 Å². The molecule has 0 saturated carbocycles. The highest BCUT2D eigenvalue weighted by Gasteiger charge is 2.25. The van der Waals surface area contributed by atoms with E-state index in [2.05, 4.69) is 15.0 Å². The van der Waals surface area contributed by atoms with Crippen LogP contribution >= 0.6 is 0 Å². The van der Waals surface area contributed by atoms with Crippen molar-refractivity contribution in [2.75, 3.05) is 27.3 Å². The van der Waals surface area contributed by atoms with Crippen LogP contribution in [0, 0.1) is 0 Å². The highest BCUT2D eigenvalue weighted by molar-refractivity contribution is 5.86. The van der Waals surface area contributed by atoms with Gasteiger partial charge < -0.3 is 14.8 Å². The smallest absolute Gasteiger partial charge is 0.334 e. The fourth-order valence-electron chi connectivity index (χ4n) is 0.928. The molecule has 0 aromatic rings. The first kappa shape index (κ1) is 8.99. The first-order valence-corrected chi connectivity index (χ1v) is 3.70. The van der Waals surface area contributed by atoms with Crippen LogP contribution in [0.25, 0.3) is 0 Å². The Labute approximate surface area is 70.8 Å². The SMILES string of the molecule is CNCC1=NC(C(=O)OC)CO1. The summed E-state index contributed by atoms with van der Waals surface area (Å²) in [6.07, 6.45) is 0. The molecule has 1 aliphatic heterocycles. The van der Waals surface area contributed by atoms with E-state index in [0.717, 1.165) is 0 Å². The molecular formula is C7H12N2O3. The van der Waals surface area contributed by atoms with Gasteiger partial charge in [0.2, 0.25) is 0 Å². The van der Waals surface area contributed by atoms with Crippen molar-refractivity contribution < 1.29 is 14.3 Å². The van der Waals surface area contributed by atoms with Gasteiger partial charge in [-0.1, -0.05) is 0 Å². The standard InChI is InChI=1S/C7H12N2O3/c1-8-3-6-9-5(4-12-6)7(10)11-2/h5,8H,3-4H2,1-2H3. The number of carbonyl (C=O) groups is 1. The second-order valence-corrected chi connectivity index (χ2v) is 2.40. The topological polar surface area (TPSA) is 59.9 Å². The van der Waals surface area contributed by atoms with Crippen molar-refractivity contribution in [2.45, 2.75) is 6.04 Å². The van der Waals surface area contributed by atoms with Gasteiger partial charge in [-0.25, -0.2) is 9.79 Å². The normalized spacial score (nSPS) is 21.5. The molecule has 1 heterocycles. The zero-order chi connectivity index (χ0) is 8.97. The number of nitrogens with zero attached hydrogens (tertiary/aromatic N) is 1. The Morgan fingerprint density at radius 2 is 2.67 bits per heavy atom. The number of aliphatic imine (C=N–C) groups is 1. The van der Waals surface area contributed by atoms with Gasteiger partial charge in [-0.05, 0) is 7.05 Å². The van der Waals surface area contributed by atoms with E-state index in [0.29, 0.717) is 19.0 Å². The highest BCUT2D eigenvalue weighted by atomic mass is 16.5. The van der Waals surface area contributed by atoms with E-state index in [1.54, 1.807) is 7.05 Å². The van der Waals surface area contributed by atoms with Crippen LogP contribution in [0.3, 0.4) is 0 Å². The third-order valence-electron chi connectivity index (χ3n) is 1.51. The maximum absolute atomic E-state index is 10.9. The number of nitrogens with one attached hydrogen (secondary N) is 1. The van der Waals surface area contributed by atoms with E-state index in [9.17, 15) is 4.79 Å². The summed E-state index contributed by atoms with van der Waals surface area (Å²) in [6, 6.07) is -0.474. The number of rotatable bonds is 3. The third-order valence-corrected chi connectivity index (χ3v) is 1.51. The minimum absolute atomic E-state index is 0.295. The predicted octanol–water partition coefficient (Wildman–Crippen LogP) is -0.824. The summed E-state index contributed by atoms with van der Waals surface area (Å²) in [5, 5.41) is 2.88. The quantitative estimate of drug-likeness (QED) is 0.565. The molecule has 68 valence electrons. The maximum Gasteiger partial charge on any atom is 0.334 e. The van der Waals surface area contributed by atoms with Crippen molar-refractivity contribution in [3.05, 3.63) is 0 Å². The lowest BCUT2D eigenvalue weighted by atomic mass is 10.3. The summed E-state index contributed by atoms with van der Waals surface area (Å²) in [5.74, 6) is 0.217. The van der Waals surface area contributed by atoms with E-state index in [1.807, 2.05) is 0 Å². The van der Waals surface area contributed by atoms with Gasteiger partial charge in [-0.2, -0.15) is 0 Å². The first-order chi connectivity index (χ1) is 5.77. The van der Waals surface area contributed by atoms with Crippen molar-refractivity contribution in [3.8, 4) is 0 Å². The van der Waals surface area contributed by atoms with Crippen molar-refractivity contribution >= 4 is 11.9 Å². The van der Waals surface area contributed by atoms with Crippen LogP contribution in [0.4, 0.5) is 0 Å². The number of methoxy groups -OCH3 is 1. The molecule has 0 amide bonds. The number of carbonyl (C=O) groups excluding carboxylic acids is 1. The number of likely N-dealkylation sites (N-methyl/N-ethyl adjacent to an activating group) is 1. The monoisotopic (exact) mass is 172 g/mol. The van der Waals surface area contributed by atoms with Gasteiger partial charge in [0.15, 0.2) is 11.9 Å². The van der Waals surface area contributed by atoms with E-state index in [1.165, 1.54) is 7.11 Å². The average molecular weight is 172 g/mol. The zero-order valence-electron chi connectivity index (χ0n) is 7.16. The summed E-state index contributed by atoms with van der Waals surface area (Å²) in [7, 11) is 3.13.